The second-order valence-corrected chi connectivity index (χ2v) is 6.14. The minimum Gasteiger partial charge on any atom is -0.345 e. The number of halogens is 2. The number of amides is 1. The zero-order valence-electron chi connectivity index (χ0n) is 11.6. The molecule has 2 saturated heterocycles. The zero-order chi connectivity index (χ0) is 13.4. The predicted octanol–water partition coefficient (Wildman–Crippen LogP) is 2.17. The highest BCUT2D eigenvalue weighted by molar-refractivity contribution is 6.31. The van der Waals surface area contributed by atoms with Gasteiger partial charge in [0.05, 0.1) is 5.02 Å². The minimum absolute atomic E-state index is 0. The molecule has 0 bridgehead atoms. The number of nitrogens with one attached hydrogen (secondary N) is 1. The number of rotatable bonds is 1. The molecule has 0 saturated carbocycles. The summed E-state index contributed by atoms with van der Waals surface area (Å²) in [4.78, 5) is 14.5. The van der Waals surface area contributed by atoms with Crippen LogP contribution in [0.25, 0.3) is 0 Å². The van der Waals surface area contributed by atoms with Crippen LogP contribution in [-0.2, 0) is 7.05 Å². The summed E-state index contributed by atoms with van der Waals surface area (Å²) in [6.07, 6.45) is 4.01. The molecule has 4 nitrogen and oxygen atoms in total. The first-order valence-electron chi connectivity index (χ1n) is 6.97. The number of aromatic nitrogens is 1. The summed E-state index contributed by atoms with van der Waals surface area (Å²) < 4.78 is 1.82. The number of likely N-dealkylation sites (tertiary alicyclic amines) is 1. The Kier molecular flexibility index (Phi) is 4.99. The van der Waals surface area contributed by atoms with E-state index in [9.17, 15) is 4.79 Å². The number of hydrogen-bond acceptors (Lipinski definition) is 2. The minimum atomic E-state index is 0. The van der Waals surface area contributed by atoms with E-state index < -0.39 is 0 Å². The maximum absolute atomic E-state index is 12.5. The van der Waals surface area contributed by atoms with Crippen molar-refractivity contribution >= 4 is 29.9 Å². The summed E-state index contributed by atoms with van der Waals surface area (Å²) in [5.74, 6) is 1.60. The highest BCUT2D eigenvalue weighted by Gasteiger charge is 2.32. The van der Waals surface area contributed by atoms with E-state index in [4.69, 9.17) is 11.6 Å². The number of nitrogens with zero attached hydrogens (tertiary/aromatic N) is 2. The Morgan fingerprint density at radius 3 is 2.40 bits per heavy atom. The topological polar surface area (TPSA) is 37.3 Å². The fourth-order valence-electron chi connectivity index (χ4n) is 3.32. The first kappa shape index (κ1) is 15.7. The van der Waals surface area contributed by atoms with Gasteiger partial charge in [0.2, 0.25) is 0 Å². The van der Waals surface area contributed by atoms with Crippen LogP contribution in [0.5, 0.6) is 0 Å². The third-order valence-electron chi connectivity index (χ3n) is 4.50. The van der Waals surface area contributed by atoms with Crippen LogP contribution in [-0.4, -0.2) is 41.6 Å². The van der Waals surface area contributed by atoms with Crippen LogP contribution in [0.3, 0.4) is 0 Å². The van der Waals surface area contributed by atoms with Crippen molar-refractivity contribution in [2.45, 2.75) is 12.8 Å². The average molecular weight is 318 g/mol. The molecule has 3 heterocycles. The predicted molar refractivity (Wildman–Crippen MR) is 82.7 cm³/mol. The van der Waals surface area contributed by atoms with E-state index in [0.29, 0.717) is 10.7 Å². The second-order valence-electron chi connectivity index (χ2n) is 5.70. The molecule has 2 aliphatic heterocycles. The molecule has 6 heteroatoms. The van der Waals surface area contributed by atoms with E-state index in [1.165, 1.54) is 0 Å². The van der Waals surface area contributed by atoms with E-state index in [1.54, 1.807) is 12.3 Å². The second kappa shape index (κ2) is 6.37. The Balaban J connectivity index is 0.00000147. The standard InChI is InChI=1S/C14H20ClN3O.ClH/c1-17-9-12(15)6-13(17)14(19)18-4-2-10-7-16-8-11(10)3-5-18;/h6,9-11,16H,2-5,7-8H2,1H3;1H/t10-,11+;. The van der Waals surface area contributed by atoms with Crippen LogP contribution in [0.2, 0.25) is 5.02 Å². The van der Waals surface area contributed by atoms with Crippen LogP contribution in [0.15, 0.2) is 12.3 Å². The van der Waals surface area contributed by atoms with Crippen LogP contribution in [0.4, 0.5) is 0 Å². The summed E-state index contributed by atoms with van der Waals surface area (Å²) >= 11 is 5.96. The van der Waals surface area contributed by atoms with Crippen molar-refractivity contribution in [3.63, 3.8) is 0 Å². The van der Waals surface area contributed by atoms with E-state index in [0.717, 1.165) is 50.9 Å². The lowest BCUT2D eigenvalue weighted by Gasteiger charge is -2.21. The van der Waals surface area contributed by atoms with E-state index >= 15 is 0 Å². The largest absolute Gasteiger partial charge is 0.345 e. The quantitative estimate of drug-likeness (QED) is 0.862. The van der Waals surface area contributed by atoms with Gasteiger partial charge in [-0.1, -0.05) is 11.6 Å². The molecule has 0 spiro atoms. The molecule has 2 fully saturated rings. The maximum Gasteiger partial charge on any atom is 0.270 e. The summed E-state index contributed by atoms with van der Waals surface area (Å²) in [5.41, 5.74) is 0.690. The molecule has 1 aromatic rings. The fraction of sp³-hybridized carbons (Fsp3) is 0.643. The van der Waals surface area contributed by atoms with E-state index in [1.807, 2.05) is 16.5 Å². The Morgan fingerprint density at radius 1 is 1.30 bits per heavy atom. The smallest absolute Gasteiger partial charge is 0.270 e. The molecule has 0 unspecified atom stereocenters. The third kappa shape index (κ3) is 2.97. The molecule has 1 amide bonds. The molecule has 1 N–H and O–H groups in total. The first-order chi connectivity index (χ1) is 9.15. The monoisotopic (exact) mass is 317 g/mol. The van der Waals surface area contributed by atoms with Gasteiger partial charge in [-0.25, -0.2) is 0 Å². The molecule has 0 radical (unpaired) electrons. The van der Waals surface area contributed by atoms with Crippen molar-refractivity contribution in [1.29, 1.82) is 0 Å². The SMILES string of the molecule is Cl.Cn1cc(Cl)cc1C(=O)N1CC[C@@H]2CNC[C@@H]2CC1. The van der Waals surface area contributed by atoms with Gasteiger partial charge in [-0.05, 0) is 43.8 Å². The lowest BCUT2D eigenvalue weighted by atomic mass is 9.92. The zero-order valence-corrected chi connectivity index (χ0v) is 13.2. The van der Waals surface area contributed by atoms with Crippen LogP contribution in [0, 0.1) is 11.8 Å². The highest BCUT2D eigenvalue weighted by Crippen LogP contribution is 2.28. The highest BCUT2D eigenvalue weighted by atomic mass is 35.5. The Bertz CT molecular complexity index is 475. The van der Waals surface area contributed by atoms with Crippen LogP contribution >= 0.6 is 24.0 Å². The Labute approximate surface area is 130 Å². The number of carbonyl (C=O) groups is 1. The van der Waals surface area contributed by atoms with Crippen molar-refractivity contribution in [2.24, 2.45) is 18.9 Å². The molecular formula is C14H21Cl2N3O. The summed E-state index contributed by atoms with van der Waals surface area (Å²) in [5, 5.41) is 4.08. The van der Waals surface area contributed by atoms with Gasteiger partial charge in [-0.3, -0.25) is 4.79 Å². The van der Waals surface area contributed by atoms with E-state index in [2.05, 4.69) is 5.32 Å². The van der Waals surface area contributed by atoms with Gasteiger partial charge < -0.3 is 14.8 Å². The molecule has 20 heavy (non-hydrogen) atoms. The van der Waals surface area contributed by atoms with Crippen molar-refractivity contribution in [3.05, 3.63) is 23.0 Å². The molecule has 1 aromatic heterocycles. The number of fused-ring (bicyclic) bond motifs is 1. The molecule has 0 aliphatic carbocycles. The van der Waals surface area contributed by atoms with Gasteiger partial charge in [-0.2, -0.15) is 0 Å². The van der Waals surface area contributed by atoms with Crippen molar-refractivity contribution in [3.8, 4) is 0 Å². The van der Waals surface area contributed by atoms with E-state index in [-0.39, 0.29) is 18.3 Å². The van der Waals surface area contributed by atoms with Crippen molar-refractivity contribution in [2.75, 3.05) is 26.2 Å². The third-order valence-corrected chi connectivity index (χ3v) is 4.70. The molecule has 0 aromatic carbocycles. The van der Waals surface area contributed by atoms with Gasteiger partial charge in [0.25, 0.3) is 5.91 Å². The summed E-state index contributed by atoms with van der Waals surface area (Å²) in [6, 6.07) is 1.76. The van der Waals surface area contributed by atoms with Gasteiger partial charge in [-0.15, -0.1) is 12.4 Å². The van der Waals surface area contributed by atoms with Gasteiger partial charge in [0.15, 0.2) is 0 Å². The van der Waals surface area contributed by atoms with Gasteiger partial charge in [0.1, 0.15) is 5.69 Å². The Morgan fingerprint density at radius 2 is 1.90 bits per heavy atom. The normalized spacial score (nSPS) is 25.8. The summed E-state index contributed by atoms with van der Waals surface area (Å²) in [6.45, 7) is 3.96. The molecule has 2 aliphatic rings. The average Bonchev–Trinajstić information content (AvgIpc) is 2.90. The number of carbonyl (C=O) groups excluding carboxylic acids is 1. The maximum atomic E-state index is 12.5. The lowest BCUT2D eigenvalue weighted by Crippen LogP contribution is -2.33. The van der Waals surface area contributed by atoms with Crippen LogP contribution in [0.1, 0.15) is 23.3 Å². The van der Waals surface area contributed by atoms with Crippen molar-refractivity contribution in [1.82, 2.24) is 14.8 Å². The molecule has 112 valence electrons. The number of aryl methyl sites for hydroxylation is 1. The molecular weight excluding hydrogens is 297 g/mol. The molecule has 3 rings (SSSR count). The lowest BCUT2D eigenvalue weighted by molar-refractivity contribution is 0.0749. The van der Waals surface area contributed by atoms with Gasteiger partial charge in [0, 0.05) is 26.3 Å². The van der Waals surface area contributed by atoms with Crippen LogP contribution < -0.4 is 5.32 Å². The fourth-order valence-corrected chi connectivity index (χ4v) is 3.57. The Hall–Kier alpha value is -0.710. The number of hydrogen-bond donors (Lipinski definition) is 1. The van der Waals surface area contributed by atoms with Gasteiger partial charge >= 0.3 is 0 Å². The van der Waals surface area contributed by atoms with Crippen molar-refractivity contribution < 1.29 is 4.79 Å². The first-order valence-corrected chi connectivity index (χ1v) is 7.35. The summed E-state index contributed by atoms with van der Waals surface area (Å²) in [7, 11) is 1.87. The molecule has 2 atom stereocenters.